The van der Waals surface area contributed by atoms with Crippen LogP contribution in [0, 0.1) is 22.8 Å². The molecule has 5 aromatic rings. The molecule has 0 bridgehead atoms. The molecule has 0 saturated heterocycles. The van der Waals surface area contributed by atoms with E-state index in [1.54, 1.807) is 17.7 Å². The summed E-state index contributed by atoms with van der Waals surface area (Å²) in [4.78, 5) is 26.0. The molecule has 0 fully saturated rings. The first-order valence-electron chi connectivity index (χ1n) is 18.2. The van der Waals surface area contributed by atoms with Gasteiger partial charge < -0.3 is 5.11 Å². The largest absolute Gasteiger partial charge is 0.512 e. The third-order valence-electron chi connectivity index (χ3n) is 10.6. The molecule has 3 aromatic heterocycles. The van der Waals surface area contributed by atoms with E-state index in [1.807, 2.05) is 53.9 Å². The van der Waals surface area contributed by atoms with Crippen LogP contribution in [0.5, 0.6) is 0 Å². The van der Waals surface area contributed by atoms with E-state index >= 15 is 0 Å². The Morgan fingerprint density at radius 2 is 1.51 bits per heavy atom. The molecule has 51 heavy (non-hydrogen) atoms. The summed E-state index contributed by atoms with van der Waals surface area (Å²) in [6.45, 7) is 23.3. The van der Waals surface area contributed by atoms with Crippen molar-refractivity contribution in [2.24, 2.45) is 16.7 Å². The maximum absolute atomic E-state index is 12.2. The third-order valence-corrected chi connectivity index (χ3v) is 11.7. The number of allylic oxidation sites excluding steroid dienone is 2. The summed E-state index contributed by atoms with van der Waals surface area (Å²) < 4.78 is 1.24. The quantitative estimate of drug-likeness (QED) is 0.0812. The van der Waals surface area contributed by atoms with Crippen LogP contribution in [-0.2, 0) is 36.7 Å². The van der Waals surface area contributed by atoms with Crippen LogP contribution < -0.4 is 0 Å². The van der Waals surface area contributed by atoms with Crippen molar-refractivity contribution in [3.05, 3.63) is 89.5 Å². The Bertz CT molecular complexity index is 1960. The van der Waals surface area contributed by atoms with Crippen LogP contribution in [0.25, 0.3) is 43.4 Å². The van der Waals surface area contributed by atoms with Gasteiger partial charge in [0, 0.05) is 70.7 Å². The van der Waals surface area contributed by atoms with E-state index in [2.05, 4.69) is 97.4 Å². The van der Waals surface area contributed by atoms with Crippen molar-refractivity contribution in [2.45, 2.75) is 114 Å². The van der Waals surface area contributed by atoms with Crippen LogP contribution in [0.3, 0.4) is 0 Å². The van der Waals surface area contributed by atoms with Crippen LogP contribution >= 0.6 is 11.3 Å². The third kappa shape index (κ3) is 9.60. The molecule has 5 rings (SSSR count). The van der Waals surface area contributed by atoms with Gasteiger partial charge in [0.05, 0.1) is 5.69 Å². The molecule has 275 valence electrons. The van der Waals surface area contributed by atoms with E-state index < -0.39 is 0 Å². The molecule has 0 saturated carbocycles. The molecule has 0 aliphatic carbocycles. The number of nitrogens with zero attached hydrogens (tertiary/aromatic N) is 3. The minimum absolute atomic E-state index is 0. The molecule has 0 atom stereocenters. The number of carbonyl (C=O) groups excluding carboxylic acids is 1. The average Bonchev–Trinajstić information content (AvgIpc) is 3.52. The Kier molecular flexibility index (Phi) is 14.5. The summed E-state index contributed by atoms with van der Waals surface area (Å²) in [6, 6.07) is 16.4. The maximum Gasteiger partial charge on any atom is 0.164 e. The second-order valence-electron chi connectivity index (χ2n) is 15.5. The van der Waals surface area contributed by atoms with Gasteiger partial charge in [0.1, 0.15) is 12.1 Å². The zero-order valence-electron chi connectivity index (χ0n) is 32.4. The normalized spacial score (nSPS) is 12.5. The van der Waals surface area contributed by atoms with Gasteiger partial charge in [-0.05, 0) is 60.4 Å². The summed E-state index contributed by atoms with van der Waals surface area (Å²) >= 11 is 1.78. The number of thiophene rings is 1. The van der Waals surface area contributed by atoms with E-state index in [4.69, 9.17) is 0 Å². The summed E-state index contributed by atoms with van der Waals surface area (Å²) in [5.74, 6) is 0.895. The number of rotatable bonds is 11. The number of benzene rings is 2. The molecular formula is C44H56IrN3O2S-. The van der Waals surface area contributed by atoms with E-state index in [0.29, 0.717) is 5.92 Å². The molecule has 5 nitrogen and oxygen atoms in total. The number of pyridine rings is 1. The number of aliphatic hydroxyl groups excluding tert-OH is 1. The number of hydrogen-bond acceptors (Lipinski definition) is 6. The predicted octanol–water partition coefficient (Wildman–Crippen LogP) is 12.5. The van der Waals surface area contributed by atoms with Crippen LogP contribution in [-0.4, -0.2) is 25.8 Å². The summed E-state index contributed by atoms with van der Waals surface area (Å²) in [7, 11) is 0. The van der Waals surface area contributed by atoms with E-state index in [9.17, 15) is 9.90 Å². The zero-order valence-corrected chi connectivity index (χ0v) is 35.6. The molecule has 3 heterocycles. The fourth-order valence-corrected chi connectivity index (χ4v) is 7.18. The van der Waals surface area contributed by atoms with E-state index in [-0.39, 0.29) is 47.9 Å². The molecule has 0 amide bonds. The van der Waals surface area contributed by atoms with Crippen LogP contribution in [0.15, 0.2) is 72.3 Å². The minimum Gasteiger partial charge on any atom is -0.512 e. The van der Waals surface area contributed by atoms with Crippen molar-refractivity contribution in [3.8, 4) is 22.5 Å². The topological polar surface area (TPSA) is 76.0 Å². The monoisotopic (exact) mass is 883 g/mol. The van der Waals surface area contributed by atoms with Gasteiger partial charge in [-0.3, -0.25) is 14.8 Å². The average molecular weight is 883 g/mol. The van der Waals surface area contributed by atoms with Crippen molar-refractivity contribution in [1.82, 2.24) is 15.0 Å². The van der Waals surface area contributed by atoms with Gasteiger partial charge in [0.25, 0.3) is 0 Å². The van der Waals surface area contributed by atoms with Crippen molar-refractivity contribution in [1.29, 1.82) is 0 Å². The van der Waals surface area contributed by atoms with Gasteiger partial charge in [-0.15, -0.1) is 40.5 Å². The Morgan fingerprint density at radius 3 is 2.12 bits per heavy atom. The number of hydrogen-bond donors (Lipinski definition) is 1. The van der Waals surface area contributed by atoms with E-state index in [1.165, 1.54) is 32.7 Å². The van der Waals surface area contributed by atoms with Crippen LogP contribution in [0.4, 0.5) is 0 Å². The van der Waals surface area contributed by atoms with Crippen LogP contribution in [0.1, 0.15) is 113 Å². The van der Waals surface area contributed by atoms with Gasteiger partial charge in [0.2, 0.25) is 0 Å². The second kappa shape index (κ2) is 17.5. The molecule has 1 radical (unpaired) electrons. The van der Waals surface area contributed by atoms with Gasteiger partial charge in [0.15, 0.2) is 5.78 Å². The molecule has 2 aromatic carbocycles. The SMILES string of the molecule is CC(C)Cc1csc2c(-c3cc(-c4[c-]c5ccccc5c(C(C)(C)C)c4)ncn3)cncc12.CCC(C)(CC)C(=O)/C=C(\O)C(C)(CC)CC.[Ir]. The minimum atomic E-state index is -0.337. The Morgan fingerprint density at radius 1 is 0.882 bits per heavy atom. The maximum atomic E-state index is 12.2. The number of aliphatic hydroxyl groups is 1. The Labute approximate surface area is 323 Å². The summed E-state index contributed by atoms with van der Waals surface area (Å²) in [6.07, 6.45) is 11.4. The fraction of sp³-hybridized carbons (Fsp3) is 0.455. The molecule has 0 aliphatic rings. The van der Waals surface area contributed by atoms with Gasteiger partial charge >= 0.3 is 0 Å². The molecule has 0 aliphatic heterocycles. The molecular weight excluding hydrogens is 827 g/mol. The van der Waals surface area contributed by atoms with E-state index in [0.717, 1.165) is 60.0 Å². The van der Waals surface area contributed by atoms with Gasteiger partial charge in [-0.1, -0.05) is 105 Å². The molecule has 0 unspecified atom stereocenters. The zero-order chi connectivity index (χ0) is 36.9. The number of ketones is 1. The summed E-state index contributed by atoms with van der Waals surface area (Å²) in [5.41, 5.74) is 5.91. The Balaban J connectivity index is 0.000000335. The van der Waals surface area contributed by atoms with Crippen LogP contribution in [0.2, 0.25) is 0 Å². The van der Waals surface area contributed by atoms with Crippen molar-refractivity contribution >= 4 is 38.0 Å². The van der Waals surface area contributed by atoms with Crippen molar-refractivity contribution in [3.63, 3.8) is 0 Å². The van der Waals surface area contributed by atoms with Crippen molar-refractivity contribution < 1.29 is 30.0 Å². The number of fused-ring (bicyclic) bond motifs is 2. The first-order valence-corrected chi connectivity index (χ1v) is 19.1. The first kappa shape index (κ1) is 42.2. The van der Waals surface area contributed by atoms with Gasteiger partial charge in [-0.2, -0.15) is 0 Å². The smallest absolute Gasteiger partial charge is 0.164 e. The standard InChI is InChI=1S/C29H28N3S.C15H28O2.Ir/c1-18(2)10-21-16-33-28-23(21)14-30-15-24(28)27-13-26(31-17-32-27)20-11-19-8-6-7-9-22(19)25(12-20)29(3,4)5;1-7-14(5,8-2)12(16)11-13(17)15(6,9-3)10-4;/h6-9,12-18H,10H2,1-5H3;11,16H,7-10H2,1-6H3;/q-1;;/b;12-11-;. The second-order valence-corrected chi connectivity index (χ2v) is 16.4. The first-order chi connectivity index (χ1) is 23.6. The van der Waals surface area contributed by atoms with Crippen molar-refractivity contribution in [2.75, 3.05) is 0 Å². The number of carbonyl (C=O) groups is 1. The fourth-order valence-electron chi connectivity index (χ4n) is 6.10. The number of aromatic nitrogens is 3. The Hall–Kier alpha value is -3.25. The molecule has 0 spiro atoms. The molecule has 7 heteroatoms. The summed E-state index contributed by atoms with van der Waals surface area (Å²) in [5, 5.41) is 16.0. The predicted molar refractivity (Wildman–Crippen MR) is 213 cm³/mol. The van der Waals surface area contributed by atoms with Gasteiger partial charge in [-0.25, -0.2) is 4.98 Å². The molecule has 1 N–H and O–H groups in total.